The Hall–Kier alpha value is -0.610. The van der Waals surface area contributed by atoms with E-state index in [0.29, 0.717) is 18.6 Å². The molecule has 0 aromatic carbocycles. The number of nitrogens with one attached hydrogen (secondary N) is 2. The molecule has 0 aliphatic carbocycles. The van der Waals surface area contributed by atoms with E-state index in [2.05, 4.69) is 29.4 Å². The zero-order chi connectivity index (χ0) is 12.7. The first kappa shape index (κ1) is 14.5. The number of hydrogen-bond acceptors (Lipinski definition) is 3. The van der Waals surface area contributed by atoms with Crippen LogP contribution in [0.1, 0.15) is 39.5 Å². The van der Waals surface area contributed by atoms with Crippen molar-refractivity contribution in [3.8, 4) is 0 Å². The summed E-state index contributed by atoms with van der Waals surface area (Å²) < 4.78 is 0. The third-order valence-electron chi connectivity index (χ3n) is 3.62. The Bertz CT molecular complexity index is 233. The Morgan fingerprint density at radius 3 is 2.88 bits per heavy atom. The number of likely N-dealkylation sites (N-methyl/N-ethyl adjacent to an activating group) is 1. The van der Waals surface area contributed by atoms with E-state index in [0.717, 1.165) is 19.5 Å². The lowest BCUT2D eigenvalue weighted by Crippen LogP contribution is -2.53. The Morgan fingerprint density at radius 2 is 2.24 bits per heavy atom. The molecule has 0 aromatic rings. The van der Waals surface area contributed by atoms with Crippen molar-refractivity contribution in [3.63, 3.8) is 0 Å². The van der Waals surface area contributed by atoms with E-state index in [1.165, 1.54) is 19.3 Å². The third kappa shape index (κ3) is 4.64. The minimum absolute atomic E-state index is 0.169. The number of amides is 1. The van der Waals surface area contributed by atoms with Crippen LogP contribution in [0.4, 0.5) is 0 Å². The number of nitrogens with zero attached hydrogens (tertiary/aromatic N) is 1. The zero-order valence-electron chi connectivity index (χ0n) is 11.5. The highest BCUT2D eigenvalue weighted by Gasteiger charge is 2.27. The molecule has 2 N–H and O–H groups in total. The van der Waals surface area contributed by atoms with Gasteiger partial charge in [0.15, 0.2) is 0 Å². The molecule has 1 heterocycles. The van der Waals surface area contributed by atoms with Gasteiger partial charge in [-0.2, -0.15) is 0 Å². The summed E-state index contributed by atoms with van der Waals surface area (Å²) in [6.07, 6.45) is 4.70. The fourth-order valence-corrected chi connectivity index (χ4v) is 2.48. The zero-order valence-corrected chi connectivity index (χ0v) is 11.5. The average Bonchev–Trinajstić information content (AvgIpc) is 2.36. The SMILES string of the molecule is CCCNC(=O)CN1CCCCC1C(C)NC. The third-order valence-corrected chi connectivity index (χ3v) is 3.62. The quantitative estimate of drug-likeness (QED) is 0.728. The van der Waals surface area contributed by atoms with Gasteiger partial charge in [0.25, 0.3) is 0 Å². The summed E-state index contributed by atoms with van der Waals surface area (Å²) in [7, 11) is 1.99. The second kappa shape index (κ2) is 7.67. The molecule has 1 aliphatic rings. The maximum absolute atomic E-state index is 11.8. The predicted molar refractivity (Wildman–Crippen MR) is 71.0 cm³/mol. The lowest BCUT2D eigenvalue weighted by Gasteiger charge is -2.38. The number of carbonyl (C=O) groups excluding carboxylic acids is 1. The Kier molecular flexibility index (Phi) is 6.52. The van der Waals surface area contributed by atoms with E-state index >= 15 is 0 Å². The van der Waals surface area contributed by atoms with Crippen LogP contribution in [0.15, 0.2) is 0 Å². The van der Waals surface area contributed by atoms with Gasteiger partial charge in [0, 0.05) is 18.6 Å². The normalized spacial score (nSPS) is 23.4. The van der Waals surface area contributed by atoms with Crippen molar-refractivity contribution in [2.75, 3.05) is 26.7 Å². The molecule has 0 spiro atoms. The van der Waals surface area contributed by atoms with Crippen LogP contribution in [-0.2, 0) is 4.79 Å². The van der Waals surface area contributed by atoms with Gasteiger partial charge in [-0.25, -0.2) is 0 Å². The fraction of sp³-hybridized carbons (Fsp3) is 0.923. The molecular weight excluding hydrogens is 214 g/mol. The number of carbonyl (C=O) groups is 1. The molecule has 0 radical (unpaired) electrons. The van der Waals surface area contributed by atoms with Gasteiger partial charge in [-0.05, 0) is 39.8 Å². The van der Waals surface area contributed by atoms with Gasteiger partial charge in [0.1, 0.15) is 0 Å². The van der Waals surface area contributed by atoms with Crippen molar-refractivity contribution in [2.45, 2.75) is 51.6 Å². The summed E-state index contributed by atoms with van der Waals surface area (Å²) >= 11 is 0. The molecule has 1 saturated heterocycles. The van der Waals surface area contributed by atoms with Crippen LogP contribution >= 0.6 is 0 Å². The Balaban J connectivity index is 2.44. The summed E-state index contributed by atoms with van der Waals surface area (Å²) in [4.78, 5) is 14.1. The molecule has 4 heteroatoms. The molecule has 1 aliphatic heterocycles. The lowest BCUT2D eigenvalue weighted by molar-refractivity contribution is -0.123. The van der Waals surface area contributed by atoms with E-state index in [4.69, 9.17) is 0 Å². The molecule has 1 amide bonds. The highest BCUT2D eigenvalue weighted by Crippen LogP contribution is 2.19. The van der Waals surface area contributed by atoms with Crippen LogP contribution in [0.5, 0.6) is 0 Å². The smallest absolute Gasteiger partial charge is 0.234 e. The van der Waals surface area contributed by atoms with Gasteiger partial charge < -0.3 is 10.6 Å². The minimum atomic E-state index is 0.169. The first-order valence-electron chi connectivity index (χ1n) is 6.87. The maximum atomic E-state index is 11.8. The second-order valence-electron chi connectivity index (χ2n) is 4.96. The topological polar surface area (TPSA) is 44.4 Å². The van der Waals surface area contributed by atoms with Crippen molar-refractivity contribution in [1.82, 2.24) is 15.5 Å². The van der Waals surface area contributed by atoms with Crippen molar-refractivity contribution in [3.05, 3.63) is 0 Å². The van der Waals surface area contributed by atoms with E-state index in [1.54, 1.807) is 0 Å². The Morgan fingerprint density at radius 1 is 1.47 bits per heavy atom. The summed E-state index contributed by atoms with van der Waals surface area (Å²) in [5.74, 6) is 0.169. The Labute approximate surface area is 105 Å². The number of hydrogen-bond donors (Lipinski definition) is 2. The number of rotatable bonds is 6. The first-order chi connectivity index (χ1) is 8.19. The van der Waals surface area contributed by atoms with E-state index in [9.17, 15) is 4.79 Å². The molecule has 17 heavy (non-hydrogen) atoms. The highest BCUT2D eigenvalue weighted by atomic mass is 16.2. The van der Waals surface area contributed by atoms with Crippen molar-refractivity contribution in [2.24, 2.45) is 0 Å². The molecule has 100 valence electrons. The van der Waals surface area contributed by atoms with Crippen LogP contribution in [0.25, 0.3) is 0 Å². The summed E-state index contributed by atoms with van der Waals surface area (Å²) in [5, 5.41) is 6.26. The average molecular weight is 241 g/mol. The highest BCUT2D eigenvalue weighted by molar-refractivity contribution is 5.78. The van der Waals surface area contributed by atoms with Crippen LogP contribution in [0, 0.1) is 0 Å². The minimum Gasteiger partial charge on any atom is -0.355 e. The molecule has 1 fully saturated rings. The van der Waals surface area contributed by atoms with Crippen LogP contribution < -0.4 is 10.6 Å². The van der Waals surface area contributed by atoms with Crippen LogP contribution in [0.3, 0.4) is 0 Å². The van der Waals surface area contributed by atoms with Crippen molar-refractivity contribution in [1.29, 1.82) is 0 Å². The van der Waals surface area contributed by atoms with E-state index in [-0.39, 0.29) is 5.91 Å². The molecule has 2 unspecified atom stereocenters. The standard InChI is InChI=1S/C13H27N3O/c1-4-8-15-13(17)10-16-9-6-5-7-12(16)11(2)14-3/h11-12,14H,4-10H2,1-3H3,(H,15,17). The number of piperidine rings is 1. The monoisotopic (exact) mass is 241 g/mol. The van der Waals surface area contributed by atoms with Crippen LogP contribution in [-0.4, -0.2) is 49.6 Å². The van der Waals surface area contributed by atoms with Crippen molar-refractivity contribution < 1.29 is 4.79 Å². The largest absolute Gasteiger partial charge is 0.355 e. The summed E-state index contributed by atoms with van der Waals surface area (Å²) in [6.45, 7) is 6.67. The number of likely N-dealkylation sites (tertiary alicyclic amines) is 1. The first-order valence-corrected chi connectivity index (χ1v) is 6.87. The lowest BCUT2D eigenvalue weighted by atomic mass is 9.96. The van der Waals surface area contributed by atoms with Gasteiger partial charge in [-0.1, -0.05) is 13.3 Å². The molecule has 0 aromatic heterocycles. The molecule has 1 rings (SSSR count). The molecular formula is C13H27N3O. The predicted octanol–water partition coefficient (Wildman–Crippen LogP) is 0.975. The van der Waals surface area contributed by atoms with Gasteiger partial charge in [0.05, 0.1) is 6.54 Å². The fourth-order valence-electron chi connectivity index (χ4n) is 2.48. The molecule has 0 bridgehead atoms. The molecule has 0 saturated carbocycles. The second-order valence-corrected chi connectivity index (χ2v) is 4.96. The van der Waals surface area contributed by atoms with Gasteiger partial charge in [-0.15, -0.1) is 0 Å². The van der Waals surface area contributed by atoms with Gasteiger partial charge in [0.2, 0.25) is 5.91 Å². The molecule has 2 atom stereocenters. The van der Waals surface area contributed by atoms with Gasteiger partial charge >= 0.3 is 0 Å². The van der Waals surface area contributed by atoms with E-state index in [1.807, 2.05) is 7.05 Å². The molecule has 4 nitrogen and oxygen atoms in total. The maximum Gasteiger partial charge on any atom is 0.234 e. The van der Waals surface area contributed by atoms with Crippen LogP contribution in [0.2, 0.25) is 0 Å². The summed E-state index contributed by atoms with van der Waals surface area (Å²) in [6, 6.07) is 0.954. The van der Waals surface area contributed by atoms with Crippen molar-refractivity contribution >= 4 is 5.91 Å². The summed E-state index contributed by atoms with van der Waals surface area (Å²) in [5.41, 5.74) is 0. The van der Waals surface area contributed by atoms with E-state index < -0.39 is 0 Å². The van der Waals surface area contributed by atoms with Gasteiger partial charge in [-0.3, -0.25) is 9.69 Å².